The monoisotopic (exact) mass is 274 g/mol. The van der Waals surface area contributed by atoms with Crippen LogP contribution >= 0.6 is 0 Å². The number of amides is 1. The van der Waals surface area contributed by atoms with Crippen LogP contribution in [0.5, 0.6) is 0 Å². The molecule has 4 nitrogen and oxygen atoms in total. The Morgan fingerprint density at radius 3 is 2.80 bits per heavy atom. The smallest absolute Gasteiger partial charge is 0.407 e. The minimum absolute atomic E-state index is 0.243. The van der Waals surface area contributed by atoms with Gasteiger partial charge in [0.1, 0.15) is 6.61 Å². The lowest BCUT2D eigenvalue weighted by Crippen LogP contribution is -2.48. The highest BCUT2D eigenvalue weighted by molar-refractivity contribution is 5.67. The Bertz CT molecular complexity index is 445. The van der Waals surface area contributed by atoms with Crippen LogP contribution in [0.15, 0.2) is 30.3 Å². The van der Waals surface area contributed by atoms with Crippen molar-refractivity contribution in [3.8, 4) is 0 Å². The Kier molecular flexibility index (Phi) is 4.21. The Hall–Kier alpha value is -1.55. The zero-order valence-electron chi connectivity index (χ0n) is 11.8. The number of piperidine rings is 1. The number of nitrogens with one attached hydrogen (secondary N) is 1. The Morgan fingerprint density at radius 2 is 2.05 bits per heavy atom. The van der Waals surface area contributed by atoms with Gasteiger partial charge in [-0.15, -0.1) is 0 Å². The molecule has 0 radical (unpaired) electrons. The van der Waals surface area contributed by atoms with Crippen LogP contribution in [-0.4, -0.2) is 36.2 Å². The highest BCUT2D eigenvalue weighted by atomic mass is 16.5. The number of hydrogen-bond acceptors (Lipinski definition) is 3. The molecular weight excluding hydrogens is 252 g/mol. The topological polar surface area (TPSA) is 41.6 Å². The van der Waals surface area contributed by atoms with Crippen LogP contribution in [0.4, 0.5) is 4.79 Å². The third kappa shape index (κ3) is 3.73. The number of likely N-dealkylation sites (tertiary alicyclic amines) is 1. The summed E-state index contributed by atoms with van der Waals surface area (Å²) in [6, 6.07) is 10.8. The highest BCUT2D eigenvalue weighted by Crippen LogP contribution is 2.29. The molecule has 0 bridgehead atoms. The minimum Gasteiger partial charge on any atom is -0.445 e. The summed E-state index contributed by atoms with van der Waals surface area (Å²) in [7, 11) is 0. The van der Waals surface area contributed by atoms with Gasteiger partial charge in [-0.1, -0.05) is 30.3 Å². The number of ether oxygens (including phenoxy) is 1. The first-order valence-electron chi connectivity index (χ1n) is 7.52. The summed E-state index contributed by atoms with van der Waals surface area (Å²) in [5.41, 5.74) is 1.02. The lowest BCUT2D eigenvalue weighted by atomic mass is 10.1. The molecular formula is C16H22N2O2. The summed E-state index contributed by atoms with van der Waals surface area (Å²) in [5.74, 6) is 0. The van der Waals surface area contributed by atoms with Crippen LogP contribution in [-0.2, 0) is 11.3 Å². The maximum absolute atomic E-state index is 11.8. The molecule has 1 amide bonds. The van der Waals surface area contributed by atoms with Gasteiger partial charge < -0.3 is 10.1 Å². The lowest BCUT2D eigenvalue weighted by molar-refractivity contribution is 0.122. The maximum Gasteiger partial charge on any atom is 0.407 e. The van der Waals surface area contributed by atoms with Crippen LogP contribution in [0.25, 0.3) is 0 Å². The number of carbonyl (C=O) groups is 1. The average Bonchev–Trinajstić information content (AvgIpc) is 3.31. The molecule has 1 aromatic carbocycles. The number of benzene rings is 1. The second-order valence-electron chi connectivity index (χ2n) is 5.77. The molecule has 1 saturated carbocycles. The van der Waals surface area contributed by atoms with E-state index in [0.717, 1.165) is 24.6 Å². The molecule has 108 valence electrons. The molecule has 1 aliphatic carbocycles. The average molecular weight is 274 g/mol. The molecule has 1 saturated heterocycles. The molecule has 1 N–H and O–H groups in total. The van der Waals surface area contributed by atoms with E-state index in [0.29, 0.717) is 6.61 Å². The van der Waals surface area contributed by atoms with Crippen molar-refractivity contribution in [1.82, 2.24) is 10.2 Å². The minimum atomic E-state index is -0.295. The summed E-state index contributed by atoms with van der Waals surface area (Å²) < 4.78 is 5.27. The second kappa shape index (κ2) is 6.27. The van der Waals surface area contributed by atoms with Gasteiger partial charge in [0.15, 0.2) is 0 Å². The number of rotatable bonds is 4. The van der Waals surface area contributed by atoms with E-state index in [1.165, 1.54) is 25.8 Å². The van der Waals surface area contributed by atoms with Crippen molar-refractivity contribution in [2.45, 2.75) is 44.4 Å². The fourth-order valence-corrected chi connectivity index (χ4v) is 2.83. The van der Waals surface area contributed by atoms with E-state index in [-0.39, 0.29) is 12.1 Å². The van der Waals surface area contributed by atoms with Gasteiger partial charge in [-0.2, -0.15) is 0 Å². The molecule has 0 aromatic heterocycles. The van der Waals surface area contributed by atoms with Gasteiger partial charge in [-0.3, -0.25) is 4.90 Å². The third-order valence-electron chi connectivity index (χ3n) is 4.05. The number of hydrogen-bond donors (Lipinski definition) is 1. The van der Waals surface area contributed by atoms with E-state index >= 15 is 0 Å². The van der Waals surface area contributed by atoms with Gasteiger partial charge in [0.25, 0.3) is 0 Å². The van der Waals surface area contributed by atoms with E-state index < -0.39 is 0 Å². The first kappa shape index (κ1) is 13.4. The molecule has 1 aliphatic heterocycles. The molecule has 1 aromatic rings. The standard InChI is InChI=1S/C16H22N2O2/c19-16(20-12-13-5-2-1-3-6-13)17-14-7-4-10-18(11-14)15-8-9-15/h1-3,5-6,14-15H,4,7-12H2,(H,17,19)/t14-/m1/s1. The SMILES string of the molecule is O=C(N[C@@H]1CCCN(C2CC2)C1)OCc1ccccc1. The van der Waals surface area contributed by atoms with Crippen molar-refractivity contribution in [3.63, 3.8) is 0 Å². The summed E-state index contributed by atoms with van der Waals surface area (Å²) in [5, 5.41) is 3.00. The van der Waals surface area contributed by atoms with Crippen molar-refractivity contribution in [1.29, 1.82) is 0 Å². The molecule has 2 fully saturated rings. The molecule has 20 heavy (non-hydrogen) atoms. The molecule has 3 rings (SSSR count). The molecule has 1 atom stereocenters. The Morgan fingerprint density at radius 1 is 1.25 bits per heavy atom. The zero-order valence-corrected chi connectivity index (χ0v) is 11.8. The van der Waals surface area contributed by atoms with E-state index in [1.807, 2.05) is 30.3 Å². The van der Waals surface area contributed by atoms with Crippen molar-refractivity contribution in [2.24, 2.45) is 0 Å². The zero-order chi connectivity index (χ0) is 13.8. The van der Waals surface area contributed by atoms with Crippen molar-refractivity contribution >= 4 is 6.09 Å². The van der Waals surface area contributed by atoms with Crippen molar-refractivity contribution in [3.05, 3.63) is 35.9 Å². The summed E-state index contributed by atoms with van der Waals surface area (Å²) in [6.07, 6.45) is 4.58. The normalized spacial score (nSPS) is 23.3. The Balaban J connectivity index is 1.41. The quantitative estimate of drug-likeness (QED) is 0.917. The lowest BCUT2D eigenvalue weighted by Gasteiger charge is -2.32. The van der Waals surface area contributed by atoms with Gasteiger partial charge in [0, 0.05) is 18.6 Å². The van der Waals surface area contributed by atoms with Crippen LogP contribution in [0.1, 0.15) is 31.2 Å². The van der Waals surface area contributed by atoms with Crippen LogP contribution in [0.3, 0.4) is 0 Å². The van der Waals surface area contributed by atoms with Gasteiger partial charge in [-0.25, -0.2) is 4.79 Å². The fourth-order valence-electron chi connectivity index (χ4n) is 2.83. The second-order valence-corrected chi connectivity index (χ2v) is 5.77. The number of nitrogens with zero attached hydrogens (tertiary/aromatic N) is 1. The predicted molar refractivity (Wildman–Crippen MR) is 77.4 cm³/mol. The van der Waals surface area contributed by atoms with Crippen molar-refractivity contribution in [2.75, 3.05) is 13.1 Å². The largest absolute Gasteiger partial charge is 0.445 e. The van der Waals surface area contributed by atoms with Crippen molar-refractivity contribution < 1.29 is 9.53 Å². The highest BCUT2D eigenvalue weighted by Gasteiger charge is 2.32. The molecule has 0 unspecified atom stereocenters. The first-order chi connectivity index (χ1) is 9.81. The third-order valence-corrected chi connectivity index (χ3v) is 4.05. The van der Waals surface area contributed by atoms with E-state index in [9.17, 15) is 4.79 Å². The predicted octanol–water partition coefficient (Wildman–Crippen LogP) is 2.54. The van der Waals surface area contributed by atoms with Crippen LogP contribution < -0.4 is 5.32 Å². The molecule has 0 spiro atoms. The first-order valence-corrected chi connectivity index (χ1v) is 7.52. The van der Waals surface area contributed by atoms with E-state index in [4.69, 9.17) is 4.74 Å². The van der Waals surface area contributed by atoms with Gasteiger partial charge >= 0.3 is 6.09 Å². The van der Waals surface area contributed by atoms with Crippen LogP contribution in [0, 0.1) is 0 Å². The van der Waals surface area contributed by atoms with Gasteiger partial charge in [-0.05, 0) is 37.8 Å². The van der Waals surface area contributed by atoms with Crippen LogP contribution in [0.2, 0.25) is 0 Å². The number of alkyl carbamates (subject to hydrolysis) is 1. The maximum atomic E-state index is 11.8. The molecule has 1 heterocycles. The fraction of sp³-hybridized carbons (Fsp3) is 0.562. The summed E-state index contributed by atoms with van der Waals surface area (Å²) in [4.78, 5) is 14.3. The Labute approximate surface area is 120 Å². The van der Waals surface area contributed by atoms with E-state index in [2.05, 4.69) is 10.2 Å². The number of carbonyl (C=O) groups excluding carboxylic acids is 1. The van der Waals surface area contributed by atoms with Gasteiger partial charge in [0.2, 0.25) is 0 Å². The summed E-state index contributed by atoms with van der Waals surface area (Å²) >= 11 is 0. The molecule has 4 heteroatoms. The van der Waals surface area contributed by atoms with Gasteiger partial charge in [0.05, 0.1) is 0 Å². The summed E-state index contributed by atoms with van der Waals surface area (Å²) in [6.45, 7) is 2.50. The molecule has 2 aliphatic rings. The van der Waals surface area contributed by atoms with E-state index in [1.54, 1.807) is 0 Å².